The largest absolute Gasteiger partial charge is 0.478 e. The summed E-state index contributed by atoms with van der Waals surface area (Å²) in [5.74, 6) is -1.55. The SMILES string of the molecule is CCNC(=O)Nc1ncnc2c1ncn2C1OC(CC(=O)Nc2c(Cl)cccc2C(=O)O)C2O[C@H](c3ccccc3)OC21. The summed E-state index contributed by atoms with van der Waals surface area (Å²) in [7, 11) is 0. The van der Waals surface area contributed by atoms with Crippen LogP contribution in [0.3, 0.4) is 0 Å². The van der Waals surface area contributed by atoms with E-state index in [4.69, 9.17) is 25.8 Å². The molecule has 2 aliphatic heterocycles. The first-order chi connectivity index (χ1) is 20.8. The van der Waals surface area contributed by atoms with Crippen molar-refractivity contribution in [2.45, 2.75) is 44.2 Å². The van der Waals surface area contributed by atoms with Crippen LogP contribution in [-0.2, 0) is 19.0 Å². The zero-order valence-corrected chi connectivity index (χ0v) is 23.4. The summed E-state index contributed by atoms with van der Waals surface area (Å²) in [4.78, 5) is 50.0. The van der Waals surface area contributed by atoms with E-state index in [1.165, 1.54) is 30.9 Å². The Morgan fingerprint density at radius 2 is 1.77 bits per heavy atom. The van der Waals surface area contributed by atoms with Gasteiger partial charge in [-0.1, -0.05) is 48.0 Å². The molecule has 2 aromatic heterocycles. The van der Waals surface area contributed by atoms with Crippen molar-refractivity contribution in [1.29, 1.82) is 0 Å². The maximum atomic E-state index is 13.2. The lowest BCUT2D eigenvalue weighted by Crippen LogP contribution is -2.32. The number of aromatic carboxylic acids is 1. The Morgan fingerprint density at radius 3 is 2.53 bits per heavy atom. The number of carbonyl (C=O) groups excluding carboxylic acids is 2. The average Bonchev–Trinajstić information content (AvgIpc) is 3.70. The van der Waals surface area contributed by atoms with Gasteiger partial charge in [0.1, 0.15) is 18.5 Å². The van der Waals surface area contributed by atoms with Crippen LogP contribution in [-0.4, -0.2) is 67.4 Å². The number of rotatable bonds is 8. The summed E-state index contributed by atoms with van der Waals surface area (Å²) in [6.07, 6.45) is -1.11. The molecule has 3 amide bonds. The van der Waals surface area contributed by atoms with Crippen molar-refractivity contribution < 1.29 is 33.7 Å². The van der Waals surface area contributed by atoms with Gasteiger partial charge in [0.2, 0.25) is 5.91 Å². The van der Waals surface area contributed by atoms with Crippen LogP contribution in [0.2, 0.25) is 5.02 Å². The molecule has 0 bridgehead atoms. The fourth-order valence-corrected chi connectivity index (χ4v) is 5.36. The van der Waals surface area contributed by atoms with E-state index in [1.54, 1.807) is 11.5 Å². The summed E-state index contributed by atoms with van der Waals surface area (Å²) in [5.41, 5.74) is 1.32. The Morgan fingerprint density at radius 1 is 0.977 bits per heavy atom. The lowest BCUT2D eigenvalue weighted by molar-refractivity contribution is -0.151. The van der Waals surface area contributed by atoms with E-state index in [0.717, 1.165) is 5.56 Å². The third kappa shape index (κ3) is 5.60. The molecule has 43 heavy (non-hydrogen) atoms. The monoisotopic (exact) mass is 607 g/mol. The highest BCUT2D eigenvalue weighted by Gasteiger charge is 2.54. The summed E-state index contributed by atoms with van der Waals surface area (Å²) in [6.45, 7) is 2.22. The molecule has 15 heteroatoms. The first-order valence-electron chi connectivity index (χ1n) is 13.4. The van der Waals surface area contributed by atoms with E-state index in [2.05, 4.69) is 30.9 Å². The predicted octanol–water partition coefficient (Wildman–Crippen LogP) is 3.73. The molecule has 0 spiro atoms. The molecule has 222 valence electrons. The fourth-order valence-electron chi connectivity index (χ4n) is 5.13. The molecule has 4 heterocycles. The van der Waals surface area contributed by atoms with Gasteiger partial charge in [-0.05, 0) is 19.1 Å². The molecule has 2 saturated heterocycles. The van der Waals surface area contributed by atoms with Gasteiger partial charge in [0, 0.05) is 12.1 Å². The average molecular weight is 608 g/mol. The molecule has 2 aliphatic rings. The molecule has 0 saturated carbocycles. The maximum absolute atomic E-state index is 13.2. The standard InChI is InChI=1S/C28H26ClN7O7/c1-2-30-28(40)35-23-20-24(32-12-31-23)36(13-33-20)25-22-21(42-27(43-22)14-7-4-3-5-8-14)17(41-25)11-18(37)34-19-15(26(38)39)9-6-10-16(19)29/h3-10,12-13,17,21-22,25,27H,2,11H2,1H3,(H,34,37)(H,38,39)(H2,30,31,32,35,40)/t17?,21?,22?,25?,27-/m0/s1. The molecule has 5 atom stereocenters. The number of nitrogens with one attached hydrogen (secondary N) is 3. The smallest absolute Gasteiger partial charge is 0.337 e. The number of nitrogens with zero attached hydrogens (tertiary/aromatic N) is 4. The third-order valence-electron chi connectivity index (χ3n) is 7.02. The quantitative estimate of drug-likeness (QED) is 0.231. The second-order valence-electron chi connectivity index (χ2n) is 9.76. The van der Waals surface area contributed by atoms with Gasteiger partial charge in [-0.2, -0.15) is 0 Å². The van der Waals surface area contributed by atoms with Crippen molar-refractivity contribution in [3.63, 3.8) is 0 Å². The third-order valence-corrected chi connectivity index (χ3v) is 7.33. The van der Waals surface area contributed by atoms with Gasteiger partial charge in [-0.25, -0.2) is 24.5 Å². The van der Waals surface area contributed by atoms with E-state index < -0.39 is 48.7 Å². The van der Waals surface area contributed by atoms with E-state index in [-0.39, 0.29) is 28.5 Å². The maximum Gasteiger partial charge on any atom is 0.337 e. The summed E-state index contributed by atoms with van der Waals surface area (Å²) >= 11 is 6.21. The number of anilines is 2. The van der Waals surface area contributed by atoms with Gasteiger partial charge in [0.25, 0.3) is 0 Å². The van der Waals surface area contributed by atoms with Gasteiger partial charge >= 0.3 is 12.0 Å². The van der Waals surface area contributed by atoms with Gasteiger partial charge < -0.3 is 30.0 Å². The number of aromatic nitrogens is 4. The zero-order chi connectivity index (χ0) is 30.1. The Labute approximate surface area is 249 Å². The lowest BCUT2D eigenvalue weighted by Gasteiger charge is -2.21. The van der Waals surface area contributed by atoms with Crippen molar-refractivity contribution in [1.82, 2.24) is 24.8 Å². The van der Waals surface area contributed by atoms with Crippen molar-refractivity contribution >= 4 is 52.2 Å². The fraction of sp³-hybridized carbons (Fsp3) is 0.286. The molecule has 2 aromatic carbocycles. The number of benzene rings is 2. The number of carboxylic acid groups (broad SMARTS) is 1. The molecule has 4 N–H and O–H groups in total. The van der Waals surface area contributed by atoms with Crippen LogP contribution in [0.15, 0.2) is 61.2 Å². The molecule has 6 rings (SSSR count). The van der Waals surface area contributed by atoms with Crippen LogP contribution >= 0.6 is 11.6 Å². The van der Waals surface area contributed by atoms with Gasteiger partial charge in [-0.3, -0.25) is 14.7 Å². The highest BCUT2D eigenvalue weighted by molar-refractivity contribution is 6.34. The minimum Gasteiger partial charge on any atom is -0.478 e. The second kappa shape index (κ2) is 11.9. The first kappa shape index (κ1) is 28.5. The minimum atomic E-state index is -1.23. The number of para-hydroxylation sites is 1. The molecular weight excluding hydrogens is 582 g/mol. The number of carboxylic acids is 1. The van der Waals surface area contributed by atoms with Crippen LogP contribution in [0.25, 0.3) is 11.2 Å². The summed E-state index contributed by atoms with van der Waals surface area (Å²) < 4.78 is 20.6. The van der Waals surface area contributed by atoms with Gasteiger partial charge in [-0.15, -0.1) is 0 Å². The van der Waals surface area contributed by atoms with Crippen molar-refractivity contribution in [2.24, 2.45) is 0 Å². The normalized spacial score (nSPS) is 22.7. The predicted molar refractivity (Wildman–Crippen MR) is 153 cm³/mol. The van der Waals surface area contributed by atoms with Crippen LogP contribution < -0.4 is 16.0 Å². The number of hydrogen-bond acceptors (Lipinski definition) is 9. The molecule has 0 radical (unpaired) electrons. The van der Waals surface area contributed by atoms with Crippen LogP contribution in [0, 0.1) is 0 Å². The Hall–Kier alpha value is -4.63. The number of carbonyl (C=O) groups is 3. The number of ether oxygens (including phenoxy) is 3. The number of amides is 3. The molecule has 2 fully saturated rings. The van der Waals surface area contributed by atoms with E-state index in [0.29, 0.717) is 17.7 Å². The number of halogens is 1. The first-order valence-corrected chi connectivity index (χ1v) is 13.8. The highest BCUT2D eigenvalue weighted by Crippen LogP contribution is 2.45. The summed E-state index contributed by atoms with van der Waals surface area (Å²) in [5, 5.41) is 17.6. The lowest BCUT2D eigenvalue weighted by atomic mass is 10.1. The molecular formula is C28H26ClN7O7. The number of imidazole rings is 1. The Kier molecular flexibility index (Phi) is 7.90. The Bertz CT molecular complexity index is 1680. The zero-order valence-electron chi connectivity index (χ0n) is 22.6. The number of urea groups is 1. The second-order valence-corrected chi connectivity index (χ2v) is 10.2. The molecule has 0 aliphatic carbocycles. The Balaban J connectivity index is 1.29. The molecule has 4 aromatic rings. The van der Waals surface area contributed by atoms with Gasteiger partial charge in [0.15, 0.2) is 29.5 Å². The minimum absolute atomic E-state index is 0.0111. The topological polar surface area (TPSA) is 179 Å². The van der Waals surface area contributed by atoms with Crippen molar-refractivity contribution in [3.8, 4) is 0 Å². The van der Waals surface area contributed by atoms with Crippen molar-refractivity contribution in [2.75, 3.05) is 17.2 Å². The van der Waals surface area contributed by atoms with E-state index in [9.17, 15) is 19.5 Å². The summed E-state index contributed by atoms with van der Waals surface area (Å²) in [6, 6.07) is 13.2. The number of fused-ring (bicyclic) bond motifs is 2. The van der Waals surface area contributed by atoms with Crippen molar-refractivity contribution in [3.05, 3.63) is 77.3 Å². The van der Waals surface area contributed by atoms with E-state index >= 15 is 0 Å². The van der Waals surface area contributed by atoms with Gasteiger partial charge in [0.05, 0.1) is 35.1 Å². The van der Waals surface area contributed by atoms with Crippen LogP contribution in [0.5, 0.6) is 0 Å². The molecule has 14 nitrogen and oxygen atoms in total. The highest BCUT2D eigenvalue weighted by atomic mass is 35.5. The van der Waals surface area contributed by atoms with E-state index in [1.807, 2.05) is 30.3 Å². The number of hydrogen-bond donors (Lipinski definition) is 4. The van der Waals surface area contributed by atoms with Crippen LogP contribution in [0.1, 0.15) is 41.8 Å². The van der Waals surface area contributed by atoms with Crippen LogP contribution in [0.4, 0.5) is 16.3 Å². The molecule has 4 unspecified atom stereocenters.